The van der Waals surface area contributed by atoms with Gasteiger partial charge >= 0.3 is 0 Å². The Morgan fingerprint density at radius 3 is 1.35 bits per heavy atom. The summed E-state index contributed by atoms with van der Waals surface area (Å²) in [5, 5.41) is 3.03. The maximum Gasteiger partial charge on any atom is 0.194 e. The molecule has 0 spiro atoms. The highest BCUT2D eigenvalue weighted by Gasteiger charge is 2.48. The molecule has 2 nitrogen and oxygen atoms in total. The molecule has 0 saturated carbocycles. The Bertz CT molecular complexity index is 687. The van der Waals surface area contributed by atoms with Gasteiger partial charge in [0.05, 0.1) is 14.0 Å². The highest BCUT2D eigenvalue weighted by atomic mass is 31.2. The first-order valence-corrected chi connectivity index (χ1v) is 10.8. The predicted octanol–water partition coefficient (Wildman–Crippen LogP) is 3.52. The summed E-state index contributed by atoms with van der Waals surface area (Å²) in [6, 6.07) is 0. The van der Waals surface area contributed by atoms with Gasteiger partial charge in [-0.05, 0) is 13.8 Å². The molecular weight excluding hydrogens is 284 g/mol. The molecule has 20 heavy (non-hydrogen) atoms. The van der Waals surface area contributed by atoms with Gasteiger partial charge in [-0.2, -0.15) is 0 Å². The fourth-order valence-electron chi connectivity index (χ4n) is 3.22. The summed E-state index contributed by atoms with van der Waals surface area (Å²) in [7, 11) is -1.77. The van der Waals surface area contributed by atoms with Crippen LogP contribution in [0.15, 0.2) is 69.9 Å². The first-order valence-electron chi connectivity index (χ1n) is 6.53. The second kappa shape index (κ2) is 4.79. The fourth-order valence-corrected chi connectivity index (χ4v) is 8.24. The second-order valence-electron chi connectivity index (χ2n) is 5.12. The van der Waals surface area contributed by atoms with Gasteiger partial charge in [0.25, 0.3) is 0 Å². The highest BCUT2D eigenvalue weighted by molar-refractivity contribution is 7.97. The standard InChI is InChI=1S/C14H18B2O2P2/c1-5-9-13-10(6-2)20(16,18)12(8-4)14(13)11(7-3)19(9,15)17/h5-8H,1,4,15-16H2,2-3H3/b10-6+,11-7+. The first-order chi connectivity index (χ1) is 9.28. The van der Waals surface area contributed by atoms with E-state index in [0.717, 1.165) is 32.4 Å². The summed E-state index contributed by atoms with van der Waals surface area (Å²) < 4.78 is 26.2. The molecule has 0 aromatic heterocycles. The molecule has 0 fully saturated rings. The Morgan fingerprint density at radius 1 is 0.850 bits per heavy atom. The van der Waals surface area contributed by atoms with Crippen LogP contribution in [-0.4, -0.2) is 15.1 Å². The molecule has 2 rings (SSSR count). The predicted molar refractivity (Wildman–Crippen MR) is 94.3 cm³/mol. The molecule has 102 valence electrons. The van der Waals surface area contributed by atoms with Gasteiger partial charge in [0.1, 0.15) is 0 Å². The average molecular weight is 302 g/mol. The number of hydrogen-bond acceptors (Lipinski definition) is 2. The lowest BCUT2D eigenvalue weighted by molar-refractivity contribution is 0.592. The minimum atomic E-state index is -2.64. The molecule has 2 atom stereocenters. The van der Waals surface area contributed by atoms with E-state index in [1.165, 1.54) is 0 Å². The Hall–Kier alpha value is -0.970. The Labute approximate surface area is 122 Å². The molecule has 2 heterocycles. The van der Waals surface area contributed by atoms with E-state index < -0.39 is 14.0 Å². The van der Waals surface area contributed by atoms with Crippen molar-refractivity contribution in [3.63, 3.8) is 0 Å². The zero-order valence-electron chi connectivity index (χ0n) is 12.4. The van der Waals surface area contributed by atoms with Gasteiger partial charge in [0.2, 0.25) is 0 Å². The van der Waals surface area contributed by atoms with Gasteiger partial charge in [-0.1, -0.05) is 37.5 Å². The molecule has 0 aliphatic carbocycles. The van der Waals surface area contributed by atoms with E-state index in [2.05, 4.69) is 13.2 Å². The van der Waals surface area contributed by atoms with Crippen LogP contribution in [0.5, 0.6) is 0 Å². The molecule has 0 bridgehead atoms. The average Bonchev–Trinajstić information content (AvgIpc) is 2.70. The number of hydrogen-bond donors (Lipinski definition) is 0. The number of fused-ring (bicyclic) bond motifs is 1. The van der Waals surface area contributed by atoms with E-state index in [4.69, 9.17) is 0 Å². The highest BCUT2D eigenvalue weighted by Crippen LogP contribution is 2.79. The van der Waals surface area contributed by atoms with Crippen LogP contribution in [0.4, 0.5) is 0 Å². The molecule has 2 unspecified atom stereocenters. The maximum absolute atomic E-state index is 13.1. The molecule has 2 aliphatic rings. The van der Waals surface area contributed by atoms with Crippen molar-refractivity contribution < 1.29 is 9.13 Å². The van der Waals surface area contributed by atoms with Crippen LogP contribution in [-0.2, 0) is 9.13 Å². The maximum atomic E-state index is 13.1. The Kier molecular flexibility index (Phi) is 3.70. The number of rotatable bonds is 2. The summed E-state index contributed by atoms with van der Waals surface area (Å²) in [5.41, 5.74) is 1.73. The van der Waals surface area contributed by atoms with Crippen LogP contribution < -0.4 is 0 Å². The van der Waals surface area contributed by atoms with Gasteiger partial charge < -0.3 is 9.13 Å². The molecule has 6 heteroatoms. The van der Waals surface area contributed by atoms with Crippen molar-refractivity contribution in [2.75, 3.05) is 0 Å². The lowest BCUT2D eigenvalue weighted by atomic mass is 10.0. The third-order valence-electron chi connectivity index (χ3n) is 4.05. The van der Waals surface area contributed by atoms with Crippen molar-refractivity contribution in [3.05, 3.63) is 69.9 Å². The summed E-state index contributed by atoms with van der Waals surface area (Å²) in [5.74, 6) is 0. The Morgan fingerprint density at radius 2 is 1.15 bits per heavy atom. The first kappa shape index (κ1) is 15.4. The van der Waals surface area contributed by atoms with Crippen LogP contribution in [0.3, 0.4) is 0 Å². The summed E-state index contributed by atoms with van der Waals surface area (Å²) >= 11 is 0. The Balaban J connectivity index is 3.05. The van der Waals surface area contributed by atoms with Gasteiger partial charge in [0.15, 0.2) is 15.1 Å². The molecule has 0 N–H and O–H groups in total. The largest absolute Gasteiger partial charge is 0.325 e. The molecule has 0 radical (unpaired) electrons. The van der Waals surface area contributed by atoms with E-state index in [1.54, 1.807) is 27.3 Å². The quantitative estimate of drug-likeness (QED) is 0.577. The van der Waals surface area contributed by atoms with E-state index in [9.17, 15) is 9.13 Å². The lowest BCUT2D eigenvalue weighted by Gasteiger charge is -2.16. The monoisotopic (exact) mass is 302 g/mol. The minimum Gasteiger partial charge on any atom is -0.325 e. The van der Waals surface area contributed by atoms with E-state index in [-0.39, 0.29) is 0 Å². The van der Waals surface area contributed by atoms with Gasteiger partial charge in [-0.25, -0.2) is 0 Å². The molecule has 2 aliphatic heterocycles. The van der Waals surface area contributed by atoms with Crippen LogP contribution in [0.1, 0.15) is 13.8 Å². The normalized spacial score (nSPS) is 36.9. The molecule has 0 aromatic rings. The zero-order chi connectivity index (χ0) is 15.3. The van der Waals surface area contributed by atoms with Gasteiger partial charge in [0, 0.05) is 32.4 Å². The smallest absolute Gasteiger partial charge is 0.194 e. The van der Waals surface area contributed by atoms with Crippen molar-refractivity contribution in [1.29, 1.82) is 0 Å². The van der Waals surface area contributed by atoms with E-state index in [1.807, 2.05) is 26.0 Å². The third kappa shape index (κ3) is 1.68. The third-order valence-corrected chi connectivity index (χ3v) is 9.50. The minimum absolute atomic E-state index is 0.729. The molecular formula is C14H18B2O2P2. The molecule has 0 amide bonds. The zero-order valence-corrected chi connectivity index (χ0v) is 14.2. The van der Waals surface area contributed by atoms with Crippen LogP contribution >= 0.6 is 14.0 Å². The molecule has 0 saturated heterocycles. The fraction of sp³-hybridized carbons (Fsp3) is 0.143. The van der Waals surface area contributed by atoms with Crippen molar-refractivity contribution in [2.24, 2.45) is 0 Å². The van der Waals surface area contributed by atoms with Crippen LogP contribution in [0, 0.1) is 0 Å². The van der Waals surface area contributed by atoms with Crippen LogP contribution in [0.25, 0.3) is 0 Å². The lowest BCUT2D eigenvalue weighted by Crippen LogP contribution is -1.88. The second-order valence-corrected chi connectivity index (χ2v) is 10.7. The molecule has 0 aromatic carbocycles. The van der Waals surface area contributed by atoms with Crippen LogP contribution in [0.2, 0.25) is 0 Å². The van der Waals surface area contributed by atoms with Crippen molar-refractivity contribution >= 4 is 29.2 Å². The van der Waals surface area contributed by atoms with Crippen molar-refractivity contribution in [1.82, 2.24) is 0 Å². The van der Waals surface area contributed by atoms with E-state index >= 15 is 0 Å². The summed E-state index contributed by atoms with van der Waals surface area (Å²) in [6.45, 7) is 11.4. The van der Waals surface area contributed by atoms with E-state index in [0.29, 0.717) is 0 Å². The summed E-state index contributed by atoms with van der Waals surface area (Å²) in [6.07, 6.45) is 7.05. The SMILES string of the molecule is BP1(=O)C(C=C)=C2C(=C(C=C)P(B)(=O)/C2=C/C)/C1=C\C. The van der Waals surface area contributed by atoms with Crippen molar-refractivity contribution in [2.45, 2.75) is 13.8 Å². The van der Waals surface area contributed by atoms with Gasteiger partial charge in [-0.3, -0.25) is 0 Å². The summed E-state index contributed by atoms with van der Waals surface area (Å²) in [4.78, 5) is 0. The van der Waals surface area contributed by atoms with Gasteiger partial charge in [-0.15, -0.1) is 0 Å². The topological polar surface area (TPSA) is 34.1 Å². The number of allylic oxidation sites excluding steroid dienone is 10. The van der Waals surface area contributed by atoms with Crippen molar-refractivity contribution in [3.8, 4) is 0 Å².